The van der Waals surface area contributed by atoms with E-state index in [1.807, 2.05) is 6.92 Å². The third-order valence-corrected chi connectivity index (χ3v) is 6.17. The molecule has 1 fully saturated rings. The largest absolute Gasteiger partial charge is 0.379 e. The van der Waals surface area contributed by atoms with Crippen LogP contribution < -0.4 is 10.6 Å². The molecule has 0 spiro atoms. The summed E-state index contributed by atoms with van der Waals surface area (Å²) in [6.45, 7) is 12.1. The average molecular weight is 378 g/mol. The lowest BCUT2D eigenvalue weighted by Crippen LogP contribution is -2.44. The van der Waals surface area contributed by atoms with Crippen LogP contribution in [0.15, 0.2) is 4.99 Å². The molecular formula is C16H35N5O3S. The van der Waals surface area contributed by atoms with E-state index < -0.39 is 10.0 Å². The van der Waals surface area contributed by atoms with Crippen molar-refractivity contribution < 1.29 is 13.2 Å². The van der Waals surface area contributed by atoms with Crippen LogP contribution in [0.25, 0.3) is 0 Å². The molecule has 0 aromatic rings. The Morgan fingerprint density at radius 1 is 1.28 bits per heavy atom. The van der Waals surface area contributed by atoms with E-state index in [1.165, 1.54) is 4.31 Å². The quantitative estimate of drug-likeness (QED) is 0.315. The molecule has 1 atom stereocenters. The molecule has 0 saturated carbocycles. The number of sulfonamides is 1. The molecule has 0 amide bonds. The number of hydrogen-bond donors (Lipinski definition) is 2. The first kappa shape index (κ1) is 22.1. The van der Waals surface area contributed by atoms with Crippen LogP contribution in [-0.2, 0) is 14.8 Å². The maximum Gasteiger partial charge on any atom is 0.213 e. The van der Waals surface area contributed by atoms with Crippen molar-refractivity contribution in [3.63, 3.8) is 0 Å². The number of aliphatic imine (C=N–C) groups is 1. The van der Waals surface area contributed by atoms with Gasteiger partial charge in [-0.3, -0.25) is 9.89 Å². The highest BCUT2D eigenvalue weighted by Gasteiger charge is 2.17. The lowest BCUT2D eigenvalue weighted by molar-refractivity contribution is 0.0220. The zero-order chi connectivity index (χ0) is 18.7. The molecule has 148 valence electrons. The number of nitrogens with zero attached hydrogens (tertiary/aromatic N) is 3. The van der Waals surface area contributed by atoms with Crippen molar-refractivity contribution in [2.24, 2.45) is 4.99 Å². The summed E-state index contributed by atoms with van der Waals surface area (Å²) in [7, 11) is -1.47. The topological polar surface area (TPSA) is 86.3 Å². The zero-order valence-corrected chi connectivity index (χ0v) is 16.9. The van der Waals surface area contributed by atoms with Gasteiger partial charge in [-0.25, -0.2) is 12.7 Å². The van der Waals surface area contributed by atoms with Gasteiger partial charge in [-0.1, -0.05) is 0 Å². The van der Waals surface area contributed by atoms with Crippen molar-refractivity contribution in [1.29, 1.82) is 0 Å². The first-order chi connectivity index (χ1) is 11.9. The summed E-state index contributed by atoms with van der Waals surface area (Å²) in [4.78, 5) is 7.04. The molecule has 8 nitrogen and oxygen atoms in total. The Kier molecular flexibility index (Phi) is 10.3. The predicted molar refractivity (Wildman–Crippen MR) is 103 cm³/mol. The first-order valence-electron chi connectivity index (χ1n) is 9.18. The Balaban J connectivity index is 2.37. The van der Waals surface area contributed by atoms with E-state index in [1.54, 1.807) is 14.0 Å². The van der Waals surface area contributed by atoms with Crippen LogP contribution in [0.3, 0.4) is 0 Å². The van der Waals surface area contributed by atoms with Crippen molar-refractivity contribution in [3.8, 4) is 0 Å². The van der Waals surface area contributed by atoms with Gasteiger partial charge in [0.1, 0.15) is 0 Å². The summed E-state index contributed by atoms with van der Waals surface area (Å²) < 4.78 is 30.2. The van der Waals surface area contributed by atoms with Gasteiger partial charge in [0.2, 0.25) is 10.0 Å². The fraction of sp³-hybridized carbons (Fsp3) is 0.938. The third-order valence-electron chi connectivity index (χ3n) is 4.31. The smallest absolute Gasteiger partial charge is 0.213 e. The van der Waals surface area contributed by atoms with Crippen LogP contribution >= 0.6 is 0 Å². The van der Waals surface area contributed by atoms with Gasteiger partial charge >= 0.3 is 0 Å². The molecule has 1 aliphatic heterocycles. The van der Waals surface area contributed by atoms with E-state index in [0.717, 1.165) is 51.8 Å². The molecule has 0 aromatic heterocycles. The van der Waals surface area contributed by atoms with Gasteiger partial charge < -0.3 is 15.4 Å². The molecule has 0 aliphatic carbocycles. The van der Waals surface area contributed by atoms with Crippen molar-refractivity contribution in [1.82, 2.24) is 19.8 Å². The van der Waals surface area contributed by atoms with Gasteiger partial charge in [0.25, 0.3) is 0 Å². The molecule has 1 rings (SSSR count). The van der Waals surface area contributed by atoms with Crippen molar-refractivity contribution in [2.45, 2.75) is 33.2 Å². The highest BCUT2D eigenvalue weighted by atomic mass is 32.2. The number of nitrogens with one attached hydrogen (secondary N) is 2. The molecular weight excluding hydrogens is 342 g/mol. The van der Waals surface area contributed by atoms with Gasteiger partial charge in [0.05, 0.1) is 25.5 Å². The van der Waals surface area contributed by atoms with Crippen LogP contribution in [-0.4, -0.2) is 94.9 Å². The highest BCUT2D eigenvalue weighted by molar-refractivity contribution is 7.89. The van der Waals surface area contributed by atoms with E-state index in [9.17, 15) is 8.42 Å². The van der Waals surface area contributed by atoms with Gasteiger partial charge in [0.15, 0.2) is 5.96 Å². The van der Waals surface area contributed by atoms with Crippen molar-refractivity contribution >= 4 is 16.0 Å². The second-order valence-corrected chi connectivity index (χ2v) is 8.58. The van der Waals surface area contributed by atoms with Gasteiger partial charge in [0, 0.05) is 45.8 Å². The number of morpholine rings is 1. The molecule has 2 N–H and O–H groups in total. The Labute approximate surface area is 153 Å². The number of rotatable bonds is 10. The lowest BCUT2D eigenvalue weighted by Gasteiger charge is -2.31. The summed E-state index contributed by atoms with van der Waals surface area (Å²) in [6, 6.07) is 0.375. The Morgan fingerprint density at radius 3 is 2.56 bits per heavy atom. The summed E-state index contributed by atoms with van der Waals surface area (Å²) in [5.74, 6) is 0.920. The summed E-state index contributed by atoms with van der Waals surface area (Å²) in [5, 5.41) is 6.51. The van der Waals surface area contributed by atoms with Crippen LogP contribution in [0.1, 0.15) is 27.2 Å². The summed E-state index contributed by atoms with van der Waals surface area (Å²) >= 11 is 0. The fourth-order valence-corrected chi connectivity index (χ4v) is 3.41. The molecule has 9 heteroatoms. The van der Waals surface area contributed by atoms with Crippen LogP contribution in [0, 0.1) is 0 Å². The molecule has 1 unspecified atom stereocenters. The third kappa shape index (κ3) is 8.35. The normalized spacial score (nSPS) is 18.4. The van der Waals surface area contributed by atoms with E-state index in [0.29, 0.717) is 19.1 Å². The van der Waals surface area contributed by atoms with Crippen molar-refractivity contribution in [2.75, 3.05) is 65.3 Å². The standard InChI is InChI=1S/C16H35N5O3S/c1-5-17-16(18-8-7-9-20(4)25(22,23)6-2)19-14-15(3)21-10-12-24-13-11-21/h15H,5-14H2,1-4H3,(H2,17,18,19). The average Bonchev–Trinajstić information content (AvgIpc) is 2.63. The monoisotopic (exact) mass is 377 g/mol. The molecule has 1 aliphatic rings. The Morgan fingerprint density at radius 2 is 1.96 bits per heavy atom. The molecule has 1 saturated heterocycles. The minimum atomic E-state index is -3.10. The summed E-state index contributed by atoms with van der Waals surface area (Å²) in [6.07, 6.45) is 0.735. The predicted octanol–water partition coefficient (Wildman–Crippen LogP) is -0.0662. The van der Waals surface area contributed by atoms with Crippen LogP contribution in [0.4, 0.5) is 0 Å². The number of ether oxygens (including phenoxy) is 1. The summed E-state index contributed by atoms with van der Waals surface area (Å²) in [5.41, 5.74) is 0. The maximum atomic E-state index is 11.7. The number of hydrogen-bond acceptors (Lipinski definition) is 5. The highest BCUT2D eigenvalue weighted by Crippen LogP contribution is 2.03. The lowest BCUT2D eigenvalue weighted by atomic mass is 10.2. The fourth-order valence-electron chi connectivity index (χ4n) is 2.57. The van der Waals surface area contributed by atoms with Gasteiger partial charge in [-0.15, -0.1) is 0 Å². The Hall–Kier alpha value is -0.900. The minimum Gasteiger partial charge on any atom is -0.379 e. The van der Waals surface area contributed by atoms with Gasteiger partial charge in [-0.05, 0) is 27.2 Å². The van der Waals surface area contributed by atoms with Crippen molar-refractivity contribution in [3.05, 3.63) is 0 Å². The second-order valence-electron chi connectivity index (χ2n) is 6.22. The van der Waals surface area contributed by atoms with E-state index in [2.05, 4.69) is 27.4 Å². The molecule has 25 heavy (non-hydrogen) atoms. The molecule has 0 aromatic carbocycles. The zero-order valence-electron chi connectivity index (χ0n) is 16.1. The van der Waals surface area contributed by atoms with Crippen LogP contribution in [0.2, 0.25) is 0 Å². The van der Waals surface area contributed by atoms with E-state index >= 15 is 0 Å². The first-order valence-corrected chi connectivity index (χ1v) is 10.8. The van der Waals surface area contributed by atoms with E-state index in [-0.39, 0.29) is 5.75 Å². The maximum absolute atomic E-state index is 11.7. The molecule has 1 heterocycles. The second kappa shape index (κ2) is 11.7. The van der Waals surface area contributed by atoms with Crippen LogP contribution in [0.5, 0.6) is 0 Å². The van der Waals surface area contributed by atoms with E-state index in [4.69, 9.17) is 4.74 Å². The Bertz CT molecular complexity index is 492. The molecule has 0 radical (unpaired) electrons. The SMILES string of the molecule is CCNC(=NCC(C)N1CCOCC1)NCCCN(C)S(=O)(=O)CC. The minimum absolute atomic E-state index is 0.139. The van der Waals surface area contributed by atoms with Gasteiger partial charge in [-0.2, -0.15) is 0 Å². The number of guanidine groups is 1. The molecule has 0 bridgehead atoms.